The first-order chi connectivity index (χ1) is 9.09. The minimum Gasteiger partial charge on any atom is -0.324 e. The highest BCUT2D eigenvalue weighted by Crippen LogP contribution is 2.26. The summed E-state index contributed by atoms with van der Waals surface area (Å²) in [5.41, 5.74) is 6.84. The lowest BCUT2D eigenvalue weighted by molar-refractivity contribution is 0.213. The van der Waals surface area contributed by atoms with E-state index in [1.54, 1.807) is 12.1 Å². The van der Waals surface area contributed by atoms with Crippen LogP contribution >= 0.6 is 11.8 Å². The summed E-state index contributed by atoms with van der Waals surface area (Å²) in [5, 5.41) is 0. The molecule has 1 aliphatic heterocycles. The largest absolute Gasteiger partial charge is 0.324 e. The van der Waals surface area contributed by atoms with E-state index in [0.29, 0.717) is 11.6 Å². The molecule has 1 heterocycles. The van der Waals surface area contributed by atoms with Crippen LogP contribution in [0.5, 0.6) is 0 Å². The van der Waals surface area contributed by atoms with Gasteiger partial charge in [-0.3, -0.25) is 0 Å². The maximum absolute atomic E-state index is 13.7. The van der Waals surface area contributed by atoms with Gasteiger partial charge in [0, 0.05) is 29.9 Å². The van der Waals surface area contributed by atoms with Gasteiger partial charge in [0.05, 0.1) is 0 Å². The Bertz CT molecular complexity index is 407. The molecule has 2 N–H and O–H groups in total. The number of hydrogen-bond donors (Lipinski definition) is 1. The zero-order chi connectivity index (χ0) is 13.8. The first-order valence-corrected chi connectivity index (χ1v) is 8.03. The van der Waals surface area contributed by atoms with Crippen molar-refractivity contribution in [3.63, 3.8) is 0 Å². The molecule has 1 saturated heterocycles. The Hall–Kier alpha value is -0.580. The summed E-state index contributed by atoms with van der Waals surface area (Å²) in [6.45, 7) is 3.02. The number of rotatable bonds is 5. The van der Waals surface area contributed by atoms with Crippen LogP contribution in [0.3, 0.4) is 0 Å². The summed E-state index contributed by atoms with van der Waals surface area (Å²) >= 11 is 2.01. The van der Waals surface area contributed by atoms with E-state index in [0.717, 1.165) is 6.54 Å². The molecule has 0 aromatic heterocycles. The second-order valence-electron chi connectivity index (χ2n) is 5.48. The van der Waals surface area contributed by atoms with Crippen molar-refractivity contribution in [1.29, 1.82) is 0 Å². The molecule has 0 aliphatic carbocycles. The van der Waals surface area contributed by atoms with Crippen LogP contribution in [-0.2, 0) is 0 Å². The Labute approximate surface area is 119 Å². The molecule has 4 heteroatoms. The van der Waals surface area contributed by atoms with E-state index in [9.17, 15) is 4.39 Å². The summed E-state index contributed by atoms with van der Waals surface area (Å²) in [4.78, 5) is 2.38. The number of halogens is 1. The second kappa shape index (κ2) is 6.73. The van der Waals surface area contributed by atoms with Gasteiger partial charge < -0.3 is 10.6 Å². The van der Waals surface area contributed by atoms with E-state index in [-0.39, 0.29) is 17.8 Å². The topological polar surface area (TPSA) is 29.3 Å². The van der Waals surface area contributed by atoms with Gasteiger partial charge in [-0.15, -0.1) is 0 Å². The van der Waals surface area contributed by atoms with E-state index < -0.39 is 0 Å². The molecule has 1 aromatic carbocycles. The molecule has 0 saturated carbocycles. The van der Waals surface area contributed by atoms with Crippen molar-refractivity contribution in [2.45, 2.75) is 25.4 Å². The van der Waals surface area contributed by atoms with Gasteiger partial charge >= 0.3 is 0 Å². The zero-order valence-electron chi connectivity index (χ0n) is 11.7. The highest BCUT2D eigenvalue weighted by atomic mass is 32.2. The smallest absolute Gasteiger partial charge is 0.127 e. The predicted molar refractivity (Wildman–Crippen MR) is 80.9 cm³/mol. The van der Waals surface area contributed by atoms with Crippen LogP contribution in [0, 0.1) is 11.7 Å². The molecular weight excluding hydrogens is 259 g/mol. The fourth-order valence-corrected chi connectivity index (χ4v) is 3.94. The number of hydrogen-bond acceptors (Lipinski definition) is 3. The number of benzene rings is 1. The van der Waals surface area contributed by atoms with Crippen molar-refractivity contribution in [2.75, 3.05) is 25.1 Å². The third-order valence-electron chi connectivity index (χ3n) is 3.98. The summed E-state index contributed by atoms with van der Waals surface area (Å²) in [6, 6.07) is 7.25. The van der Waals surface area contributed by atoms with Crippen molar-refractivity contribution < 1.29 is 4.39 Å². The summed E-state index contributed by atoms with van der Waals surface area (Å²) < 4.78 is 13.7. The average Bonchev–Trinajstić information content (AvgIpc) is 2.92. The molecule has 3 unspecified atom stereocenters. The van der Waals surface area contributed by atoms with E-state index in [1.165, 1.54) is 24.0 Å². The minimum atomic E-state index is -0.238. The molecule has 0 radical (unpaired) electrons. The van der Waals surface area contributed by atoms with Crippen LogP contribution in [0.2, 0.25) is 0 Å². The number of nitrogens with two attached hydrogens (primary N) is 1. The molecular formula is C15H23FN2S. The quantitative estimate of drug-likeness (QED) is 0.900. The molecule has 3 atom stereocenters. The number of thioether (sulfide) groups is 1. The Morgan fingerprint density at radius 2 is 2.21 bits per heavy atom. The third kappa shape index (κ3) is 3.71. The van der Waals surface area contributed by atoms with Gasteiger partial charge in [0.25, 0.3) is 0 Å². The van der Waals surface area contributed by atoms with Gasteiger partial charge in [0.15, 0.2) is 0 Å². The minimum absolute atomic E-state index is 0.194. The van der Waals surface area contributed by atoms with Crippen LogP contribution in [0.1, 0.15) is 24.9 Å². The standard InChI is InChI=1S/C15H23FN2S/c1-11(9-18(2)12-7-8-19-10-12)15(17)13-5-3-4-6-14(13)16/h3-6,11-12,15H,7-10,17H2,1-2H3. The van der Waals surface area contributed by atoms with E-state index in [4.69, 9.17) is 5.73 Å². The summed E-state index contributed by atoms with van der Waals surface area (Å²) in [6.07, 6.45) is 1.25. The van der Waals surface area contributed by atoms with Gasteiger partial charge in [-0.05, 0) is 31.2 Å². The number of nitrogens with zero attached hydrogens (tertiary/aromatic N) is 1. The molecule has 2 nitrogen and oxygen atoms in total. The Morgan fingerprint density at radius 1 is 1.47 bits per heavy atom. The monoisotopic (exact) mass is 282 g/mol. The van der Waals surface area contributed by atoms with E-state index in [2.05, 4.69) is 18.9 Å². The van der Waals surface area contributed by atoms with Crippen molar-refractivity contribution in [3.8, 4) is 0 Å². The van der Waals surface area contributed by atoms with Crippen LogP contribution < -0.4 is 5.73 Å². The Balaban J connectivity index is 1.95. The van der Waals surface area contributed by atoms with Crippen LogP contribution in [-0.4, -0.2) is 36.0 Å². The van der Waals surface area contributed by atoms with Crippen molar-refractivity contribution in [3.05, 3.63) is 35.6 Å². The molecule has 0 spiro atoms. The highest BCUT2D eigenvalue weighted by molar-refractivity contribution is 7.99. The highest BCUT2D eigenvalue weighted by Gasteiger charge is 2.24. The normalized spacial score (nSPS) is 22.7. The molecule has 1 fully saturated rings. The predicted octanol–water partition coefficient (Wildman–Crippen LogP) is 2.90. The first-order valence-electron chi connectivity index (χ1n) is 6.87. The molecule has 0 bridgehead atoms. The average molecular weight is 282 g/mol. The molecule has 1 aliphatic rings. The molecule has 106 valence electrons. The lowest BCUT2D eigenvalue weighted by Crippen LogP contribution is -2.38. The molecule has 2 rings (SSSR count). The lowest BCUT2D eigenvalue weighted by atomic mass is 9.94. The SMILES string of the molecule is CC(CN(C)C1CCSC1)C(N)c1ccccc1F. The van der Waals surface area contributed by atoms with Crippen molar-refractivity contribution in [2.24, 2.45) is 11.7 Å². The van der Waals surface area contributed by atoms with Crippen molar-refractivity contribution >= 4 is 11.8 Å². The lowest BCUT2D eigenvalue weighted by Gasteiger charge is -2.29. The first kappa shape index (κ1) is 14.8. The maximum atomic E-state index is 13.7. The molecule has 0 amide bonds. The van der Waals surface area contributed by atoms with Gasteiger partial charge in [-0.2, -0.15) is 11.8 Å². The molecule has 1 aromatic rings. The van der Waals surface area contributed by atoms with Gasteiger partial charge in [0.2, 0.25) is 0 Å². The fraction of sp³-hybridized carbons (Fsp3) is 0.600. The Kier molecular flexibility index (Phi) is 5.25. The molecule has 19 heavy (non-hydrogen) atoms. The van der Waals surface area contributed by atoms with Gasteiger partial charge in [-0.1, -0.05) is 25.1 Å². The van der Waals surface area contributed by atoms with Gasteiger partial charge in [0.1, 0.15) is 5.82 Å². The Morgan fingerprint density at radius 3 is 2.84 bits per heavy atom. The van der Waals surface area contributed by atoms with E-state index in [1.807, 2.05) is 17.8 Å². The van der Waals surface area contributed by atoms with Crippen LogP contribution in [0.15, 0.2) is 24.3 Å². The zero-order valence-corrected chi connectivity index (χ0v) is 12.5. The summed E-state index contributed by atoms with van der Waals surface area (Å²) in [7, 11) is 2.15. The maximum Gasteiger partial charge on any atom is 0.127 e. The van der Waals surface area contributed by atoms with Gasteiger partial charge in [-0.25, -0.2) is 4.39 Å². The second-order valence-corrected chi connectivity index (χ2v) is 6.63. The summed E-state index contributed by atoms with van der Waals surface area (Å²) in [5.74, 6) is 2.51. The van der Waals surface area contributed by atoms with Crippen molar-refractivity contribution in [1.82, 2.24) is 4.90 Å². The third-order valence-corrected chi connectivity index (χ3v) is 5.13. The fourth-order valence-electron chi connectivity index (χ4n) is 2.64. The van der Waals surface area contributed by atoms with Crippen LogP contribution in [0.4, 0.5) is 4.39 Å². The van der Waals surface area contributed by atoms with E-state index >= 15 is 0 Å². The van der Waals surface area contributed by atoms with Crippen LogP contribution in [0.25, 0.3) is 0 Å².